The zero-order valence-corrected chi connectivity index (χ0v) is 26.0. The maximum absolute atomic E-state index is 9.88. The minimum absolute atomic E-state index is 0.0135. The van der Waals surface area contributed by atoms with Crippen molar-refractivity contribution in [2.24, 2.45) is 0 Å². The lowest BCUT2D eigenvalue weighted by Gasteiger charge is -2.10. The van der Waals surface area contributed by atoms with Crippen LogP contribution < -0.4 is 0 Å². The molecule has 0 aliphatic heterocycles. The van der Waals surface area contributed by atoms with Crippen molar-refractivity contribution in [3.8, 4) is 45.3 Å². The molecule has 0 aliphatic rings. The zero-order chi connectivity index (χ0) is 40.6. The molecule has 0 bridgehead atoms. The van der Waals surface area contributed by atoms with E-state index in [4.69, 9.17) is 29.0 Å². The van der Waals surface area contributed by atoms with Gasteiger partial charge >= 0.3 is 0 Å². The van der Waals surface area contributed by atoms with E-state index in [1.807, 2.05) is 97.1 Å². The van der Waals surface area contributed by atoms with Crippen LogP contribution in [0.25, 0.3) is 105 Å². The fraction of sp³-hybridized carbons (Fsp3) is 0. The van der Waals surface area contributed by atoms with Gasteiger partial charge in [0.15, 0.2) is 17.5 Å². The molecule has 11 rings (SSSR count). The van der Waals surface area contributed by atoms with Gasteiger partial charge in [-0.3, -0.25) is 0 Å². The lowest BCUT2D eigenvalue weighted by molar-refractivity contribution is 0.669. The Kier molecular flexibility index (Phi) is 4.10. The third kappa shape index (κ3) is 3.92. The average Bonchev–Trinajstić information content (AvgIpc) is 3.95. The summed E-state index contributed by atoms with van der Waals surface area (Å²) in [7, 11) is 0. The van der Waals surface area contributed by atoms with Crippen molar-refractivity contribution >= 4 is 60.0 Å². The number of nitrogens with zero attached hydrogens (tertiary/aromatic N) is 4. The first kappa shape index (κ1) is 19.8. The second-order valence-corrected chi connectivity index (χ2v) is 12.1. The van der Waals surface area contributed by atoms with E-state index in [0.717, 1.165) is 16.7 Å². The molecule has 4 heterocycles. The van der Waals surface area contributed by atoms with Gasteiger partial charge in [-0.1, -0.05) is 127 Å². The number of benzene rings is 7. The lowest BCUT2D eigenvalue weighted by atomic mass is 9.97. The molecule has 232 valence electrons. The Morgan fingerprint density at radius 1 is 0.480 bits per heavy atom. The number of furan rings is 1. The van der Waals surface area contributed by atoms with Gasteiger partial charge in [-0.05, 0) is 41.4 Å². The molecule has 11 aromatic rings. The second-order valence-electron chi connectivity index (χ2n) is 12.1. The molecule has 0 spiro atoms. The van der Waals surface area contributed by atoms with Gasteiger partial charge < -0.3 is 8.82 Å². The highest BCUT2D eigenvalue weighted by Crippen LogP contribution is 2.44. The van der Waals surface area contributed by atoms with Crippen LogP contribution >= 0.6 is 0 Å². The maximum atomic E-state index is 9.88. The summed E-state index contributed by atoms with van der Waals surface area (Å²) in [5.41, 5.74) is 4.66. The van der Waals surface area contributed by atoms with Crippen molar-refractivity contribution in [2.75, 3.05) is 0 Å². The topological polar surface area (TPSA) is 56.2 Å². The Morgan fingerprint density at radius 3 is 1.86 bits per heavy atom. The van der Waals surface area contributed by atoms with E-state index in [-0.39, 0.29) is 73.9 Å². The summed E-state index contributed by atoms with van der Waals surface area (Å²) in [6.07, 6.45) is 0. The molecule has 0 N–H and O–H groups in total. The maximum Gasteiger partial charge on any atom is 0.164 e. The molecule has 0 atom stereocenters. The zero-order valence-electron chi connectivity index (χ0n) is 35.0. The summed E-state index contributed by atoms with van der Waals surface area (Å²) < 4.78 is 88.8. The molecule has 0 saturated heterocycles. The summed E-state index contributed by atoms with van der Waals surface area (Å²) in [5.74, 6) is 1.49. The molecule has 0 unspecified atom stereocenters. The molecule has 0 amide bonds. The standard InChI is InChI=1S/C45H26N4O/c1-3-12-27(13-4-1)43-46-44(28-14-5-2-6-15-28)48-45(47-43)30-17-9-16-29(24-30)31-19-11-23-39-41(31)36-25-38-35(26-40(36)50-39)34-21-10-20-33-32-18-7-8-22-37(32)49(38)42(33)34/h1-26H/i7D,8D,10D,18D,20D,21D,22D,25D,26D. The first-order valence-corrected chi connectivity index (χ1v) is 16.1. The third-order valence-corrected chi connectivity index (χ3v) is 9.25. The van der Waals surface area contributed by atoms with Crippen LogP contribution in [0.4, 0.5) is 0 Å². The van der Waals surface area contributed by atoms with E-state index < -0.39 is 24.2 Å². The average molecular weight is 648 g/mol. The van der Waals surface area contributed by atoms with Crippen molar-refractivity contribution in [1.82, 2.24) is 19.4 Å². The number of rotatable bonds is 4. The van der Waals surface area contributed by atoms with E-state index in [0.29, 0.717) is 45.0 Å². The molecule has 0 fully saturated rings. The Balaban J connectivity index is 1.21. The summed E-state index contributed by atoms with van der Waals surface area (Å²) in [6.45, 7) is 0. The molecular weight excluding hydrogens is 613 g/mol. The van der Waals surface area contributed by atoms with Gasteiger partial charge in [0.1, 0.15) is 11.2 Å². The van der Waals surface area contributed by atoms with E-state index in [9.17, 15) is 2.74 Å². The fourth-order valence-corrected chi connectivity index (χ4v) is 7.04. The molecule has 4 aromatic heterocycles. The van der Waals surface area contributed by atoms with Crippen LogP contribution in [0.1, 0.15) is 12.3 Å². The Bertz CT molecular complexity index is 3550. The Hall–Kier alpha value is -6.85. The van der Waals surface area contributed by atoms with E-state index in [1.54, 1.807) is 6.07 Å². The highest BCUT2D eigenvalue weighted by molar-refractivity contribution is 6.26. The molecule has 0 aliphatic carbocycles. The van der Waals surface area contributed by atoms with Crippen LogP contribution in [0.3, 0.4) is 0 Å². The van der Waals surface area contributed by atoms with Crippen molar-refractivity contribution in [1.29, 1.82) is 0 Å². The van der Waals surface area contributed by atoms with E-state index in [1.165, 1.54) is 4.40 Å². The van der Waals surface area contributed by atoms with Crippen LogP contribution in [0, 0.1) is 0 Å². The molecule has 0 radical (unpaired) electrons. The molecule has 7 aromatic carbocycles. The normalized spacial score (nSPS) is 14.5. The van der Waals surface area contributed by atoms with Gasteiger partial charge in [0.2, 0.25) is 0 Å². The van der Waals surface area contributed by atoms with Crippen LogP contribution in [0.5, 0.6) is 0 Å². The first-order valence-electron chi connectivity index (χ1n) is 20.6. The number of aromatic nitrogens is 4. The third-order valence-electron chi connectivity index (χ3n) is 9.25. The van der Waals surface area contributed by atoms with Gasteiger partial charge in [0.05, 0.1) is 28.9 Å². The molecule has 50 heavy (non-hydrogen) atoms. The van der Waals surface area contributed by atoms with Crippen molar-refractivity contribution < 1.29 is 16.8 Å². The number of hydrogen-bond donors (Lipinski definition) is 0. The highest BCUT2D eigenvalue weighted by Gasteiger charge is 2.21. The first-order chi connectivity index (χ1) is 28.5. The summed E-state index contributed by atoms with van der Waals surface area (Å²) in [4.78, 5) is 14.6. The molecule has 5 nitrogen and oxygen atoms in total. The Labute approximate surface area is 298 Å². The quantitative estimate of drug-likeness (QED) is 0.191. The molecular formula is C45H26N4O. The van der Waals surface area contributed by atoms with Gasteiger partial charge in [-0.25, -0.2) is 15.0 Å². The van der Waals surface area contributed by atoms with Gasteiger partial charge in [-0.2, -0.15) is 0 Å². The van der Waals surface area contributed by atoms with Gasteiger partial charge in [-0.15, -0.1) is 0 Å². The van der Waals surface area contributed by atoms with Gasteiger partial charge in [0.25, 0.3) is 0 Å². The summed E-state index contributed by atoms with van der Waals surface area (Å²) >= 11 is 0. The van der Waals surface area contributed by atoms with Crippen molar-refractivity contribution in [2.45, 2.75) is 0 Å². The predicted molar refractivity (Wildman–Crippen MR) is 204 cm³/mol. The smallest absolute Gasteiger partial charge is 0.164 e. The fourth-order valence-electron chi connectivity index (χ4n) is 7.04. The predicted octanol–water partition coefficient (Wildman–Crippen LogP) is 11.6. The highest BCUT2D eigenvalue weighted by atomic mass is 16.3. The van der Waals surface area contributed by atoms with Crippen LogP contribution in [-0.4, -0.2) is 19.4 Å². The van der Waals surface area contributed by atoms with Crippen molar-refractivity contribution in [3.05, 3.63) is 158 Å². The monoisotopic (exact) mass is 647 g/mol. The van der Waals surface area contributed by atoms with Crippen LogP contribution in [-0.2, 0) is 0 Å². The second kappa shape index (κ2) is 10.3. The SMILES string of the molecule is [2H]c1c([2H])c([2H])c2c(c1[2H])c1c([2H])c([2H])c([2H])c3c4c([2H])c5oc6cccc(-c7cccc(-c8nc(-c9ccccc9)nc(-c9ccccc9)n8)c7)c6c5c([2H])c4n2c13. The molecule has 5 heteroatoms. The summed E-state index contributed by atoms with van der Waals surface area (Å²) in [5, 5.41) is 1.19. The minimum atomic E-state index is -0.500. The van der Waals surface area contributed by atoms with E-state index >= 15 is 0 Å². The van der Waals surface area contributed by atoms with Crippen LogP contribution in [0.2, 0.25) is 0 Å². The minimum Gasteiger partial charge on any atom is -0.456 e. The van der Waals surface area contributed by atoms with E-state index in [2.05, 4.69) is 0 Å². The number of fused-ring (bicyclic) bond motifs is 9. The molecule has 0 saturated carbocycles. The summed E-state index contributed by atoms with van der Waals surface area (Å²) in [6, 6.07) is 29.4. The van der Waals surface area contributed by atoms with Gasteiger partial charge in [0, 0.05) is 49.0 Å². The number of hydrogen-bond acceptors (Lipinski definition) is 4. The van der Waals surface area contributed by atoms with Crippen molar-refractivity contribution in [3.63, 3.8) is 0 Å². The Morgan fingerprint density at radius 2 is 1.10 bits per heavy atom. The largest absolute Gasteiger partial charge is 0.456 e. The van der Waals surface area contributed by atoms with Crippen LogP contribution in [0.15, 0.2) is 162 Å². The number of para-hydroxylation sites is 2. The lowest BCUT2D eigenvalue weighted by Crippen LogP contribution is -2.00.